The van der Waals surface area contributed by atoms with Crippen molar-refractivity contribution >= 4 is 34.0 Å². The molecular formula is C21H21N5O2S. The molecule has 8 heteroatoms. The number of nitrogens with zero attached hydrogens (tertiary/aromatic N) is 3. The van der Waals surface area contributed by atoms with E-state index in [1.54, 1.807) is 6.07 Å². The van der Waals surface area contributed by atoms with Crippen molar-refractivity contribution in [2.24, 2.45) is 0 Å². The standard InChI is InChI=1S/C21H21N5O2S/c1-13(2)19-24-25-21(29-19)23-17(27)12-26-18(14-8-4-3-5-9-14)22-16-11-7-6-10-15(16)20(26)28/h3-11,13,18,22H,12H2,1-2H3,(H,23,25,27)/t18-/m0/s1. The molecule has 0 saturated carbocycles. The summed E-state index contributed by atoms with van der Waals surface area (Å²) in [6, 6.07) is 16.9. The van der Waals surface area contributed by atoms with E-state index in [2.05, 4.69) is 20.8 Å². The Morgan fingerprint density at radius 1 is 1.14 bits per heavy atom. The largest absolute Gasteiger partial charge is 0.361 e. The fourth-order valence-corrected chi connectivity index (χ4v) is 3.95. The quantitative estimate of drug-likeness (QED) is 0.670. The molecule has 0 radical (unpaired) electrons. The number of anilines is 2. The van der Waals surface area contributed by atoms with Crippen molar-refractivity contribution in [3.05, 3.63) is 70.7 Å². The molecule has 3 aromatic rings. The summed E-state index contributed by atoms with van der Waals surface area (Å²) in [4.78, 5) is 27.4. The Balaban J connectivity index is 1.58. The third-order valence-corrected chi connectivity index (χ3v) is 5.77. The Labute approximate surface area is 172 Å². The van der Waals surface area contributed by atoms with E-state index in [0.29, 0.717) is 10.7 Å². The number of carbonyl (C=O) groups is 2. The number of hydrogen-bond donors (Lipinski definition) is 2. The number of para-hydroxylation sites is 1. The van der Waals surface area contributed by atoms with Crippen LogP contribution >= 0.6 is 11.3 Å². The molecule has 0 unspecified atom stereocenters. The first-order valence-corrected chi connectivity index (χ1v) is 10.2. The zero-order valence-corrected chi connectivity index (χ0v) is 16.9. The molecule has 1 aromatic heterocycles. The zero-order chi connectivity index (χ0) is 20.4. The summed E-state index contributed by atoms with van der Waals surface area (Å²) in [5.74, 6) is -0.264. The van der Waals surface area contributed by atoms with Crippen LogP contribution in [0.4, 0.5) is 10.8 Å². The lowest BCUT2D eigenvalue weighted by atomic mass is 10.0. The molecule has 0 saturated heterocycles. The molecule has 1 atom stereocenters. The van der Waals surface area contributed by atoms with Gasteiger partial charge in [-0.3, -0.25) is 14.9 Å². The second-order valence-corrected chi connectivity index (χ2v) is 8.09. The van der Waals surface area contributed by atoms with Crippen LogP contribution < -0.4 is 10.6 Å². The summed E-state index contributed by atoms with van der Waals surface area (Å²) in [6.45, 7) is 3.94. The van der Waals surface area contributed by atoms with Crippen molar-refractivity contribution in [3.63, 3.8) is 0 Å². The number of hydrogen-bond acceptors (Lipinski definition) is 6. The number of nitrogens with one attached hydrogen (secondary N) is 2. The van der Waals surface area contributed by atoms with Crippen LogP contribution in [0.3, 0.4) is 0 Å². The van der Waals surface area contributed by atoms with E-state index in [9.17, 15) is 9.59 Å². The lowest BCUT2D eigenvalue weighted by Gasteiger charge is -2.37. The van der Waals surface area contributed by atoms with Crippen molar-refractivity contribution in [2.75, 3.05) is 17.2 Å². The molecule has 2 heterocycles. The van der Waals surface area contributed by atoms with Crippen molar-refractivity contribution in [2.45, 2.75) is 25.9 Å². The predicted octanol–water partition coefficient (Wildman–Crippen LogP) is 3.87. The van der Waals surface area contributed by atoms with Gasteiger partial charge < -0.3 is 10.2 Å². The molecule has 0 bridgehead atoms. The van der Waals surface area contributed by atoms with Gasteiger partial charge in [-0.25, -0.2) is 0 Å². The average molecular weight is 407 g/mol. The maximum Gasteiger partial charge on any atom is 0.258 e. The fourth-order valence-electron chi connectivity index (χ4n) is 3.19. The molecule has 0 spiro atoms. The maximum atomic E-state index is 13.2. The average Bonchev–Trinajstić information content (AvgIpc) is 3.19. The molecule has 7 nitrogen and oxygen atoms in total. The van der Waals surface area contributed by atoms with Gasteiger partial charge in [-0.2, -0.15) is 0 Å². The van der Waals surface area contributed by atoms with Crippen LogP contribution in [0.5, 0.6) is 0 Å². The van der Waals surface area contributed by atoms with Gasteiger partial charge >= 0.3 is 0 Å². The van der Waals surface area contributed by atoms with Gasteiger partial charge in [-0.05, 0) is 17.7 Å². The number of benzene rings is 2. The minimum absolute atomic E-state index is 0.101. The van der Waals surface area contributed by atoms with E-state index in [1.807, 2.05) is 62.4 Å². The highest BCUT2D eigenvalue weighted by Crippen LogP contribution is 2.33. The van der Waals surface area contributed by atoms with Crippen LogP contribution in [-0.4, -0.2) is 33.5 Å². The predicted molar refractivity (Wildman–Crippen MR) is 113 cm³/mol. The molecule has 148 valence electrons. The molecule has 0 fully saturated rings. The first-order chi connectivity index (χ1) is 14.0. The molecule has 2 amide bonds. The van der Waals surface area contributed by atoms with Crippen LogP contribution in [0.15, 0.2) is 54.6 Å². The van der Waals surface area contributed by atoms with Crippen molar-refractivity contribution in [1.29, 1.82) is 0 Å². The van der Waals surface area contributed by atoms with Crippen molar-refractivity contribution < 1.29 is 9.59 Å². The lowest BCUT2D eigenvalue weighted by Crippen LogP contribution is -2.46. The van der Waals surface area contributed by atoms with Crippen LogP contribution in [0.25, 0.3) is 0 Å². The van der Waals surface area contributed by atoms with Gasteiger partial charge in [0, 0.05) is 11.6 Å². The monoisotopic (exact) mass is 407 g/mol. The molecule has 4 rings (SSSR count). The zero-order valence-electron chi connectivity index (χ0n) is 16.1. The van der Waals surface area contributed by atoms with E-state index in [-0.39, 0.29) is 24.3 Å². The van der Waals surface area contributed by atoms with Crippen LogP contribution in [0, 0.1) is 0 Å². The first kappa shape index (κ1) is 19.1. The van der Waals surface area contributed by atoms with E-state index in [0.717, 1.165) is 16.3 Å². The second-order valence-electron chi connectivity index (χ2n) is 7.08. The third-order valence-electron chi connectivity index (χ3n) is 4.63. The van der Waals surface area contributed by atoms with E-state index in [1.165, 1.54) is 16.2 Å². The van der Waals surface area contributed by atoms with Crippen molar-refractivity contribution in [3.8, 4) is 0 Å². The fraction of sp³-hybridized carbons (Fsp3) is 0.238. The second kappa shape index (κ2) is 8.00. The Hall–Kier alpha value is -3.26. The van der Waals surface area contributed by atoms with Gasteiger partial charge in [0.15, 0.2) is 0 Å². The number of rotatable bonds is 5. The number of carbonyl (C=O) groups excluding carboxylic acids is 2. The van der Waals surface area contributed by atoms with Crippen LogP contribution in [-0.2, 0) is 4.79 Å². The summed E-state index contributed by atoms with van der Waals surface area (Å²) < 4.78 is 0. The van der Waals surface area contributed by atoms with E-state index < -0.39 is 6.17 Å². The summed E-state index contributed by atoms with van der Waals surface area (Å²) in [7, 11) is 0. The van der Waals surface area contributed by atoms with Gasteiger partial charge in [0.1, 0.15) is 17.7 Å². The Bertz CT molecular complexity index is 1030. The summed E-state index contributed by atoms with van der Waals surface area (Å²) >= 11 is 1.34. The summed E-state index contributed by atoms with van der Waals surface area (Å²) in [6.07, 6.45) is -0.440. The van der Waals surface area contributed by atoms with Crippen LogP contribution in [0.2, 0.25) is 0 Å². The van der Waals surface area contributed by atoms with E-state index in [4.69, 9.17) is 0 Å². The van der Waals surface area contributed by atoms with Crippen LogP contribution in [0.1, 0.15) is 46.9 Å². The molecule has 2 aromatic carbocycles. The smallest absolute Gasteiger partial charge is 0.258 e. The summed E-state index contributed by atoms with van der Waals surface area (Å²) in [5.41, 5.74) is 2.21. The Morgan fingerprint density at radius 3 is 2.59 bits per heavy atom. The Morgan fingerprint density at radius 2 is 1.86 bits per heavy atom. The highest BCUT2D eigenvalue weighted by atomic mass is 32.1. The highest BCUT2D eigenvalue weighted by molar-refractivity contribution is 7.15. The Kier molecular flexibility index (Phi) is 5.26. The molecule has 1 aliphatic rings. The molecule has 2 N–H and O–H groups in total. The first-order valence-electron chi connectivity index (χ1n) is 9.37. The van der Waals surface area contributed by atoms with Gasteiger partial charge in [-0.1, -0.05) is 67.6 Å². The molecule has 0 aliphatic carbocycles. The van der Waals surface area contributed by atoms with Gasteiger partial charge in [0.05, 0.1) is 5.56 Å². The maximum absolute atomic E-state index is 13.2. The molecular weight excluding hydrogens is 386 g/mol. The summed E-state index contributed by atoms with van der Waals surface area (Å²) in [5, 5.41) is 15.5. The third kappa shape index (κ3) is 3.97. The molecule has 29 heavy (non-hydrogen) atoms. The highest BCUT2D eigenvalue weighted by Gasteiger charge is 2.34. The van der Waals surface area contributed by atoms with Gasteiger partial charge in [0.2, 0.25) is 11.0 Å². The number of aromatic nitrogens is 2. The molecule has 1 aliphatic heterocycles. The lowest BCUT2D eigenvalue weighted by molar-refractivity contribution is -0.117. The van der Waals surface area contributed by atoms with Crippen molar-refractivity contribution in [1.82, 2.24) is 15.1 Å². The van der Waals surface area contributed by atoms with Gasteiger partial charge in [-0.15, -0.1) is 10.2 Å². The normalized spacial score (nSPS) is 15.8. The minimum atomic E-state index is -0.440. The SMILES string of the molecule is CC(C)c1nnc(NC(=O)CN2C(=O)c3ccccc3N[C@@H]2c2ccccc2)s1. The number of fused-ring (bicyclic) bond motifs is 1. The topological polar surface area (TPSA) is 87.2 Å². The van der Waals surface area contributed by atoms with E-state index >= 15 is 0 Å². The van der Waals surface area contributed by atoms with Gasteiger partial charge in [0.25, 0.3) is 5.91 Å². The minimum Gasteiger partial charge on any atom is -0.361 e. The number of amides is 2.